The fraction of sp³-hybridized carbons (Fsp3) is 0.708. The van der Waals surface area contributed by atoms with E-state index in [0.717, 1.165) is 116 Å². The van der Waals surface area contributed by atoms with E-state index in [9.17, 15) is 14.4 Å². The first-order chi connectivity index (χ1) is 35.0. The Hall–Kier alpha value is -3.67. The number of hydrogen-bond acceptors (Lipinski definition) is 6. The van der Waals surface area contributed by atoms with Gasteiger partial charge in [-0.1, -0.05) is 272 Å². The fourth-order valence-electron chi connectivity index (χ4n) is 8.16. The Morgan fingerprint density at radius 3 is 0.859 bits per heavy atom. The molecule has 0 bridgehead atoms. The molecule has 0 saturated heterocycles. The molecule has 0 aromatic carbocycles. The van der Waals surface area contributed by atoms with E-state index in [2.05, 4.69) is 118 Å². The topological polar surface area (TPSA) is 78.9 Å². The maximum Gasteiger partial charge on any atom is 0.306 e. The molecular formula is C65H110O6. The Morgan fingerprint density at radius 1 is 0.296 bits per heavy atom. The van der Waals surface area contributed by atoms with Crippen LogP contribution in [0.1, 0.15) is 278 Å². The smallest absolute Gasteiger partial charge is 0.306 e. The van der Waals surface area contributed by atoms with Crippen molar-refractivity contribution in [2.24, 2.45) is 0 Å². The number of rotatable bonds is 53. The highest BCUT2D eigenvalue weighted by Gasteiger charge is 2.19. The second-order valence-electron chi connectivity index (χ2n) is 19.5. The van der Waals surface area contributed by atoms with Gasteiger partial charge in [0.1, 0.15) is 13.2 Å². The maximum absolute atomic E-state index is 12.8. The van der Waals surface area contributed by atoms with E-state index in [1.165, 1.54) is 122 Å². The third-order valence-electron chi connectivity index (χ3n) is 12.6. The van der Waals surface area contributed by atoms with Gasteiger partial charge in [-0.25, -0.2) is 0 Å². The van der Waals surface area contributed by atoms with E-state index in [4.69, 9.17) is 14.2 Å². The number of ether oxygens (including phenoxy) is 3. The summed E-state index contributed by atoms with van der Waals surface area (Å²) in [5, 5.41) is 0. The van der Waals surface area contributed by atoms with Crippen molar-refractivity contribution in [2.75, 3.05) is 13.2 Å². The summed E-state index contributed by atoms with van der Waals surface area (Å²) in [6, 6.07) is 0. The summed E-state index contributed by atoms with van der Waals surface area (Å²) in [4.78, 5) is 37.8. The minimum atomic E-state index is -0.775. The molecule has 71 heavy (non-hydrogen) atoms. The van der Waals surface area contributed by atoms with Crippen LogP contribution in [0.3, 0.4) is 0 Å². The molecule has 1 atom stereocenters. The van der Waals surface area contributed by atoms with E-state index in [1.54, 1.807) is 0 Å². The van der Waals surface area contributed by atoms with E-state index >= 15 is 0 Å². The first-order valence-electron chi connectivity index (χ1n) is 29.7. The van der Waals surface area contributed by atoms with Crippen LogP contribution in [0.25, 0.3) is 0 Å². The summed E-state index contributed by atoms with van der Waals surface area (Å²) in [5.74, 6) is -0.890. The molecule has 406 valence electrons. The van der Waals surface area contributed by atoms with E-state index < -0.39 is 6.10 Å². The van der Waals surface area contributed by atoms with Crippen LogP contribution < -0.4 is 0 Å². The molecule has 0 heterocycles. The number of unbranched alkanes of at least 4 members (excludes halogenated alkanes) is 26. The van der Waals surface area contributed by atoms with Gasteiger partial charge >= 0.3 is 17.9 Å². The van der Waals surface area contributed by atoms with Crippen molar-refractivity contribution >= 4 is 17.9 Å². The van der Waals surface area contributed by atoms with Crippen LogP contribution in [0.4, 0.5) is 0 Å². The minimum absolute atomic E-state index is 0.0770. The Morgan fingerprint density at radius 2 is 0.549 bits per heavy atom. The zero-order valence-electron chi connectivity index (χ0n) is 46.5. The number of hydrogen-bond donors (Lipinski definition) is 0. The molecule has 0 aliphatic carbocycles. The second-order valence-corrected chi connectivity index (χ2v) is 19.5. The van der Waals surface area contributed by atoms with Crippen molar-refractivity contribution < 1.29 is 28.6 Å². The molecule has 6 heteroatoms. The molecule has 6 nitrogen and oxygen atoms in total. The lowest BCUT2D eigenvalue weighted by atomic mass is 10.0. The van der Waals surface area contributed by atoms with Crippen molar-refractivity contribution in [3.05, 3.63) is 97.2 Å². The lowest BCUT2D eigenvalue weighted by Crippen LogP contribution is -2.30. The number of carbonyl (C=O) groups is 3. The number of carbonyl (C=O) groups excluding carboxylic acids is 3. The maximum atomic E-state index is 12.8. The molecule has 0 aromatic heterocycles. The predicted octanol–water partition coefficient (Wildman–Crippen LogP) is 20.1. The minimum Gasteiger partial charge on any atom is -0.462 e. The summed E-state index contributed by atoms with van der Waals surface area (Å²) in [7, 11) is 0. The molecule has 0 radical (unpaired) electrons. The van der Waals surface area contributed by atoms with Gasteiger partial charge in [-0.15, -0.1) is 0 Å². The molecule has 0 aliphatic rings. The summed E-state index contributed by atoms with van der Waals surface area (Å²) < 4.78 is 16.7. The van der Waals surface area contributed by atoms with Gasteiger partial charge in [0.25, 0.3) is 0 Å². The average Bonchev–Trinajstić information content (AvgIpc) is 3.37. The third-order valence-corrected chi connectivity index (χ3v) is 12.6. The zero-order chi connectivity index (χ0) is 51.4. The zero-order valence-corrected chi connectivity index (χ0v) is 46.5. The van der Waals surface area contributed by atoms with Crippen molar-refractivity contribution in [3.8, 4) is 0 Å². The van der Waals surface area contributed by atoms with Crippen molar-refractivity contribution in [1.29, 1.82) is 0 Å². The van der Waals surface area contributed by atoms with Crippen molar-refractivity contribution in [2.45, 2.75) is 284 Å². The SMILES string of the molecule is CC/C=C\C/C=C\C/C=C\C/C=C\C/C=C\C/C=C\C/C=C\C/C=C\CCCCCCCCCCC(=O)OCC(COC(=O)CCCCCCCC)OC(=O)CCCCCCCCCCCCCCCC. The lowest BCUT2D eigenvalue weighted by molar-refractivity contribution is -0.167. The van der Waals surface area contributed by atoms with Gasteiger partial charge in [-0.05, 0) is 83.5 Å². The van der Waals surface area contributed by atoms with Crippen LogP contribution in [0, 0.1) is 0 Å². The largest absolute Gasteiger partial charge is 0.462 e. The van der Waals surface area contributed by atoms with Crippen LogP contribution in [0.2, 0.25) is 0 Å². The van der Waals surface area contributed by atoms with E-state index in [1.807, 2.05) is 0 Å². The first-order valence-corrected chi connectivity index (χ1v) is 29.7. The van der Waals surface area contributed by atoms with Crippen LogP contribution in [-0.4, -0.2) is 37.2 Å². The summed E-state index contributed by atoms with van der Waals surface area (Å²) in [6.07, 6.45) is 78.7. The van der Waals surface area contributed by atoms with Crippen molar-refractivity contribution in [1.82, 2.24) is 0 Å². The van der Waals surface area contributed by atoms with Crippen LogP contribution in [-0.2, 0) is 28.6 Å². The van der Waals surface area contributed by atoms with Crippen LogP contribution >= 0.6 is 0 Å². The molecular weight excluding hydrogens is 877 g/mol. The molecule has 1 unspecified atom stereocenters. The molecule has 0 amide bonds. The number of allylic oxidation sites excluding steroid dienone is 16. The molecule has 0 rings (SSSR count). The van der Waals surface area contributed by atoms with Gasteiger partial charge in [0.15, 0.2) is 6.10 Å². The molecule has 0 aromatic rings. The van der Waals surface area contributed by atoms with E-state index in [-0.39, 0.29) is 31.1 Å². The fourth-order valence-corrected chi connectivity index (χ4v) is 8.16. The van der Waals surface area contributed by atoms with Crippen LogP contribution in [0.5, 0.6) is 0 Å². The highest BCUT2D eigenvalue weighted by Crippen LogP contribution is 2.16. The monoisotopic (exact) mass is 987 g/mol. The van der Waals surface area contributed by atoms with Gasteiger partial charge in [0.2, 0.25) is 0 Å². The van der Waals surface area contributed by atoms with Gasteiger partial charge in [-0.3, -0.25) is 14.4 Å². The summed E-state index contributed by atoms with van der Waals surface area (Å²) in [6.45, 7) is 6.47. The first kappa shape index (κ1) is 67.3. The van der Waals surface area contributed by atoms with Crippen LogP contribution in [0.15, 0.2) is 97.2 Å². The molecule has 0 saturated carbocycles. The molecule has 0 spiro atoms. The van der Waals surface area contributed by atoms with Gasteiger partial charge in [0, 0.05) is 19.3 Å². The molecule has 0 fully saturated rings. The normalized spacial score (nSPS) is 12.8. The van der Waals surface area contributed by atoms with E-state index in [0.29, 0.717) is 19.3 Å². The summed E-state index contributed by atoms with van der Waals surface area (Å²) >= 11 is 0. The Bertz CT molecular complexity index is 1410. The van der Waals surface area contributed by atoms with Gasteiger partial charge < -0.3 is 14.2 Å². The highest BCUT2D eigenvalue weighted by molar-refractivity contribution is 5.71. The van der Waals surface area contributed by atoms with Crippen molar-refractivity contribution in [3.63, 3.8) is 0 Å². The molecule has 0 N–H and O–H groups in total. The Kier molecular flexibility index (Phi) is 55.9. The quantitative estimate of drug-likeness (QED) is 0.0261. The Labute approximate surface area is 438 Å². The summed E-state index contributed by atoms with van der Waals surface area (Å²) in [5.41, 5.74) is 0. The molecule has 0 aliphatic heterocycles. The van der Waals surface area contributed by atoms with Gasteiger partial charge in [0.05, 0.1) is 0 Å². The highest BCUT2D eigenvalue weighted by atomic mass is 16.6. The second kappa shape index (κ2) is 58.9. The average molecular weight is 988 g/mol. The third kappa shape index (κ3) is 57.1. The lowest BCUT2D eigenvalue weighted by Gasteiger charge is -2.18. The number of esters is 3. The van der Waals surface area contributed by atoms with Gasteiger partial charge in [-0.2, -0.15) is 0 Å². The Balaban J connectivity index is 4.08. The standard InChI is InChI=1S/C65H110O6/c1-4-7-10-13-16-18-20-22-24-25-26-27-28-29-30-31-32-33-34-35-36-37-38-39-40-41-42-44-45-47-49-52-55-58-64(67)70-61-62(60-69-63(66)57-54-51-15-12-9-6-3)71-65(68)59-56-53-50-48-46-43-23-21-19-17-14-11-8-5-2/h7,10,16,18,22,24,26-27,29-30,32-33,35-36,38-39,62H,4-6,8-9,11-15,17,19-21,23,25,28,31,34,37,40-61H2,1-3H3/b10-7-,18-16-,24-22-,27-26-,30-29-,33-32-,36-35-,39-38-. The predicted molar refractivity (Wildman–Crippen MR) is 307 cm³/mol.